The highest BCUT2D eigenvalue weighted by atomic mass is 15.0. The first-order chi connectivity index (χ1) is 8.27. The smallest absolute Gasteiger partial charge is 0.0111 e. The minimum absolute atomic E-state index is 0.803. The lowest BCUT2D eigenvalue weighted by molar-refractivity contribution is 0.318. The van der Waals surface area contributed by atoms with Crippen LogP contribution in [-0.4, -0.2) is 25.2 Å². The van der Waals surface area contributed by atoms with Crippen LogP contribution >= 0.6 is 0 Å². The maximum Gasteiger partial charge on any atom is 0.0111 e. The van der Waals surface area contributed by atoms with Crippen molar-refractivity contribution >= 4 is 0 Å². The van der Waals surface area contributed by atoms with E-state index in [1.165, 1.54) is 58.0 Å². The molecule has 1 aliphatic carbocycles. The van der Waals surface area contributed by atoms with Gasteiger partial charge in [0.25, 0.3) is 0 Å². The van der Waals surface area contributed by atoms with E-state index in [0.717, 1.165) is 23.9 Å². The first-order valence-corrected chi connectivity index (χ1v) is 7.74. The van der Waals surface area contributed by atoms with Crippen molar-refractivity contribution in [3.63, 3.8) is 0 Å². The molecule has 0 bridgehead atoms. The Morgan fingerprint density at radius 3 is 2.76 bits per heavy atom. The average molecular weight is 238 g/mol. The summed E-state index contributed by atoms with van der Waals surface area (Å²) >= 11 is 0. The third kappa shape index (κ3) is 3.96. The summed E-state index contributed by atoms with van der Waals surface area (Å²) in [6, 6.07) is 1.62. The van der Waals surface area contributed by atoms with Crippen molar-refractivity contribution in [1.29, 1.82) is 0 Å². The maximum atomic E-state index is 3.82. The first-order valence-electron chi connectivity index (χ1n) is 7.74. The van der Waals surface area contributed by atoms with Crippen LogP contribution in [0.15, 0.2) is 0 Å². The van der Waals surface area contributed by atoms with Crippen LogP contribution in [0.4, 0.5) is 0 Å². The predicted octanol–water partition coefficient (Wildman–Crippen LogP) is 2.93. The Balaban J connectivity index is 1.68. The van der Waals surface area contributed by atoms with Gasteiger partial charge in [0.1, 0.15) is 0 Å². The van der Waals surface area contributed by atoms with E-state index >= 15 is 0 Å². The minimum atomic E-state index is 0.803. The molecular formula is C15H30N2. The molecule has 0 aromatic heterocycles. The Kier molecular flexibility index (Phi) is 5.30. The number of rotatable bonds is 6. The van der Waals surface area contributed by atoms with Crippen LogP contribution < -0.4 is 10.6 Å². The molecule has 2 rings (SSSR count). The second-order valence-corrected chi connectivity index (χ2v) is 6.39. The van der Waals surface area contributed by atoms with Crippen LogP contribution in [0.1, 0.15) is 58.8 Å². The lowest BCUT2D eigenvalue weighted by Gasteiger charge is -2.26. The fourth-order valence-corrected chi connectivity index (χ4v) is 3.60. The highest BCUT2D eigenvalue weighted by molar-refractivity contribution is 4.93. The zero-order valence-electron chi connectivity index (χ0n) is 11.7. The second kappa shape index (κ2) is 6.75. The number of hydrogen-bond acceptors (Lipinski definition) is 2. The maximum absolute atomic E-state index is 3.82. The van der Waals surface area contributed by atoms with Gasteiger partial charge in [-0.05, 0) is 63.5 Å². The van der Waals surface area contributed by atoms with Gasteiger partial charge in [0.2, 0.25) is 0 Å². The fraction of sp³-hybridized carbons (Fsp3) is 1.00. The van der Waals surface area contributed by atoms with Crippen LogP contribution in [0.3, 0.4) is 0 Å². The molecule has 1 saturated carbocycles. The zero-order chi connectivity index (χ0) is 12.1. The van der Waals surface area contributed by atoms with Gasteiger partial charge in [0.15, 0.2) is 0 Å². The summed E-state index contributed by atoms with van der Waals surface area (Å²) in [5.74, 6) is 1.77. The molecule has 2 N–H and O–H groups in total. The van der Waals surface area contributed by atoms with Crippen molar-refractivity contribution in [2.45, 2.75) is 70.9 Å². The third-order valence-corrected chi connectivity index (χ3v) is 4.55. The predicted molar refractivity (Wildman–Crippen MR) is 74.2 cm³/mol. The minimum Gasteiger partial charge on any atom is -0.314 e. The Hall–Kier alpha value is -0.0800. The van der Waals surface area contributed by atoms with Crippen molar-refractivity contribution in [3.8, 4) is 0 Å². The van der Waals surface area contributed by atoms with Crippen molar-refractivity contribution in [2.75, 3.05) is 13.1 Å². The molecule has 1 aliphatic heterocycles. The van der Waals surface area contributed by atoms with Crippen molar-refractivity contribution < 1.29 is 0 Å². The van der Waals surface area contributed by atoms with Gasteiger partial charge in [-0.25, -0.2) is 0 Å². The van der Waals surface area contributed by atoms with Gasteiger partial charge in [-0.1, -0.05) is 20.3 Å². The monoisotopic (exact) mass is 238 g/mol. The van der Waals surface area contributed by atoms with E-state index in [1.807, 2.05) is 0 Å². The van der Waals surface area contributed by atoms with Crippen LogP contribution in [0.25, 0.3) is 0 Å². The van der Waals surface area contributed by atoms with Crippen molar-refractivity contribution in [3.05, 3.63) is 0 Å². The summed E-state index contributed by atoms with van der Waals surface area (Å²) in [7, 11) is 0. The van der Waals surface area contributed by atoms with Crippen LogP contribution in [0.5, 0.6) is 0 Å². The molecule has 2 fully saturated rings. The topological polar surface area (TPSA) is 24.1 Å². The number of hydrogen-bond donors (Lipinski definition) is 2. The quantitative estimate of drug-likeness (QED) is 0.695. The molecule has 17 heavy (non-hydrogen) atoms. The highest BCUT2D eigenvalue weighted by Crippen LogP contribution is 2.31. The highest BCUT2D eigenvalue weighted by Gasteiger charge is 2.34. The standard InChI is InChI=1S/C15H30N2/c1-12(2)6-4-10-16-14-8-3-7-13(14)15-9-5-11-17-15/h12-17H,3-11H2,1-2H3. The fourth-order valence-electron chi connectivity index (χ4n) is 3.60. The second-order valence-electron chi connectivity index (χ2n) is 6.39. The third-order valence-electron chi connectivity index (χ3n) is 4.55. The molecule has 1 saturated heterocycles. The molecule has 100 valence electrons. The summed E-state index contributed by atoms with van der Waals surface area (Å²) in [4.78, 5) is 0. The lowest BCUT2D eigenvalue weighted by atomic mass is 9.93. The Labute approximate surface area is 107 Å². The SMILES string of the molecule is CC(C)CCCNC1CCCC1C1CCCN1. The largest absolute Gasteiger partial charge is 0.314 e. The Bertz CT molecular complexity index is 209. The Morgan fingerprint density at radius 2 is 2.06 bits per heavy atom. The van der Waals surface area contributed by atoms with Crippen LogP contribution in [0, 0.1) is 11.8 Å². The van der Waals surface area contributed by atoms with E-state index in [-0.39, 0.29) is 0 Å². The first kappa shape index (κ1) is 13.4. The summed E-state index contributed by atoms with van der Waals surface area (Å²) in [6.07, 6.45) is 9.80. The van der Waals surface area contributed by atoms with E-state index in [1.54, 1.807) is 0 Å². The molecule has 0 radical (unpaired) electrons. The molecule has 3 unspecified atom stereocenters. The van der Waals surface area contributed by atoms with E-state index in [9.17, 15) is 0 Å². The van der Waals surface area contributed by atoms with Gasteiger partial charge in [-0.3, -0.25) is 0 Å². The summed E-state index contributed by atoms with van der Waals surface area (Å²) in [5, 5.41) is 7.52. The van der Waals surface area contributed by atoms with E-state index in [4.69, 9.17) is 0 Å². The molecule has 0 aromatic rings. The molecule has 0 aromatic carbocycles. The molecule has 1 heterocycles. The zero-order valence-corrected chi connectivity index (χ0v) is 11.7. The van der Waals surface area contributed by atoms with Gasteiger partial charge in [-0.15, -0.1) is 0 Å². The summed E-state index contributed by atoms with van der Waals surface area (Å²) in [5.41, 5.74) is 0. The summed E-state index contributed by atoms with van der Waals surface area (Å²) in [6.45, 7) is 7.12. The van der Waals surface area contributed by atoms with Gasteiger partial charge < -0.3 is 10.6 Å². The van der Waals surface area contributed by atoms with Crippen molar-refractivity contribution in [2.24, 2.45) is 11.8 Å². The van der Waals surface area contributed by atoms with Gasteiger partial charge >= 0.3 is 0 Å². The van der Waals surface area contributed by atoms with Gasteiger partial charge in [0.05, 0.1) is 0 Å². The molecule has 2 aliphatic rings. The van der Waals surface area contributed by atoms with Crippen molar-refractivity contribution in [1.82, 2.24) is 10.6 Å². The molecular weight excluding hydrogens is 208 g/mol. The molecule has 0 spiro atoms. The van der Waals surface area contributed by atoms with Gasteiger partial charge in [0, 0.05) is 12.1 Å². The summed E-state index contributed by atoms with van der Waals surface area (Å²) < 4.78 is 0. The van der Waals surface area contributed by atoms with E-state index in [2.05, 4.69) is 24.5 Å². The molecule has 2 nitrogen and oxygen atoms in total. The lowest BCUT2D eigenvalue weighted by Crippen LogP contribution is -2.42. The van der Waals surface area contributed by atoms with Gasteiger partial charge in [-0.2, -0.15) is 0 Å². The molecule has 3 atom stereocenters. The molecule has 2 heteroatoms. The molecule has 0 amide bonds. The van der Waals surface area contributed by atoms with Crippen LogP contribution in [0.2, 0.25) is 0 Å². The van der Waals surface area contributed by atoms with Crippen LogP contribution in [-0.2, 0) is 0 Å². The Morgan fingerprint density at radius 1 is 1.18 bits per heavy atom. The van der Waals surface area contributed by atoms with E-state index in [0.29, 0.717) is 0 Å². The normalized spacial score (nSPS) is 33.7. The number of nitrogens with one attached hydrogen (secondary N) is 2. The average Bonchev–Trinajstić information content (AvgIpc) is 2.94. The van der Waals surface area contributed by atoms with E-state index < -0.39 is 0 Å².